The van der Waals surface area contributed by atoms with Gasteiger partial charge in [-0.05, 0) is 31.2 Å². The van der Waals surface area contributed by atoms with Crippen LogP contribution in [0.2, 0.25) is 0 Å². The highest BCUT2D eigenvalue weighted by Gasteiger charge is 2.12. The number of benzene rings is 1. The van der Waals surface area contributed by atoms with Gasteiger partial charge in [-0.1, -0.05) is 23.8 Å². The number of nitriles is 1. The van der Waals surface area contributed by atoms with E-state index >= 15 is 0 Å². The van der Waals surface area contributed by atoms with E-state index in [2.05, 4.69) is 30.3 Å². The van der Waals surface area contributed by atoms with Crippen molar-refractivity contribution >= 4 is 23.2 Å². The zero-order chi connectivity index (χ0) is 17.6. The van der Waals surface area contributed by atoms with E-state index in [0.717, 1.165) is 16.0 Å². The minimum atomic E-state index is -0.251. The lowest BCUT2D eigenvalue weighted by Crippen LogP contribution is -2.05. The fraction of sp³-hybridized carbons (Fsp3) is 0.200. The van der Waals surface area contributed by atoms with Gasteiger partial charge in [-0.15, -0.1) is 11.8 Å². The van der Waals surface area contributed by atoms with Crippen molar-refractivity contribution in [2.45, 2.75) is 24.8 Å². The lowest BCUT2D eigenvalue weighted by molar-refractivity contribution is -0.144. The van der Waals surface area contributed by atoms with Crippen molar-refractivity contribution in [1.82, 2.24) is 4.40 Å². The van der Waals surface area contributed by atoms with E-state index in [1.165, 1.54) is 5.56 Å². The van der Waals surface area contributed by atoms with Crippen LogP contribution in [0.3, 0.4) is 0 Å². The van der Waals surface area contributed by atoms with Crippen LogP contribution in [0.1, 0.15) is 23.1 Å². The van der Waals surface area contributed by atoms with Gasteiger partial charge in [-0.25, -0.2) is 0 Å². The summed E-state index contributed by atoms with van der Waals surface area (Å²) in [6.07, 6.45) is 4.05. The molecule has 0 atom stereocenters. The highest BCUT2D eigenvalue weighted by Crippen LogP contribution is 2.21. The summed E-state index contributed by atoms with van der Waals surface area (Å²) in [5.74, 6) is 0.420. The first kappa shape index (κ1) is 17.1. The van der Waals surface area contributed by atoms with Crippen molar-refractivity contribution < 1.29 is 9.53 Å². The average Bonchev–Trinajstić information content (AvgIpc) is 2.99. The summed E-state index contributed by atoms with van der Waals surface area (Å²) >= 11 is 1.63. The summed E-state index contributed by atoms with van der Waals surface area (Å²) in [4.78, 5) is 13.1. The van der Waals surface area contributed by atoms with E-state index in [9.17, 15) is 10.1 Å². The molecule has 3 aromatic rings. The van der Waals surface area contributed by atoms with Gasteiger partial charge in [0.25, 0.3) is 0 Å². The summed E-state index contributed by atoms with van der Waals surface area (Å²) in [6.45, 7) is 2.17. The van der Waals surface area contributed by atoms with Gasteiger partial charge in [-0.3, -0.25) is 4.79 Å². The van der Waals surface area contributed by atoms with Crippen molar-refractivity contribution in [3.63, 3.8) is 0 Å². The van der Waals surface area contributed by atoms with Crippen LogP contribution in [-0.4, -0.2) is 16.1 Å². The van der Waals surface area contributed by atoms with Crippen LogP contribution in [0, 0.1) is 18.3 Å². The molecular weight excluding hydrogens is 332 g/mol. The zero-order valence-corrected chi connectivity index (χ0v) is 14.8. The van der Waals surface area contributed by atoms with Crippen LogP contribution in [0.25, 0.3) is 5.52 Å². The predicted octanol–water partition coefficient (Wildman–Crippen LogP) is 4.35. The number of carbonyl (C=O) groups excluding carboxylic acids is 1. The Hall–Kier alpha value is -2.71. The molecule has 25 heavy (non-hydrogen) atoms. The van der Waals surface area contributed by atoms with Crippen molar-refractivity contribution in [3.8, 4) is 6.07 Å². The molecule has 0 fully saturated rings. The summed E-state index contributed by atoms with van der Waals surface area (Å²) in [5.41, 5.74) is 3.33. The molecule has 0 N–H and O–H groups in total. The maximum Gasteiger partial charge on any atom is 0.306 e. The standard InChI is InChI=1S/C20H18N2O2S/c1-15-5-7-17(8-6-15)25-11-9-20(23)24-14-16-13-22-10-3-2-4-19(22)18(16)12-21/h2-8,10,13H,9,11,14H2,1H3. The molecular formula is C20H18N2O2S. The molecule has 0 aliphatic carbocycles. The van der Waals surface area contributed by atoms with Gasteiger partial charge in [0.15, 0.2) is 0 Å². The topological polar surface area (TPSA) is 54.5 Å². The fourth-order valence-corrected chi connectivity index (χ4v) is 3.37. The lowest BCUT2D eigenvalue weighted by Gasteiger charge is -2.04. The molecule has 126 valence electrons. The molecule has 0 aliphatic rings. The fourth-order valence-electron chi connectivity index (χ4n) is 2.53. The minimum absolute atomic E-state index is 0.124. The predicted molar refractivity (Wildman–Crippen MR) is 98.4 cm³/mol. The number of carbonyl (C=O) groups is 1. The van der Waals surface area contributed by atoms with E-state index < -0.39 is 0 Å². The second kappa shape index (κ2) is 7.91. The van der Waals surface area contributed by atoms with Crippen LogP contribution in [-0.2, 0) is 16.1 Å². The Morgan fingerprint density at radius 1 is 1.24 bits per heavy atom. The van der Waals surface area contributed by atoms with Gasteiger partial charge in [0.2, 0.25) is 0 Å². The van der Waals surface area contributed by atoms with E-state index in [0.29, 0.717) is 17.7 Å². The number of nitrogens with zero attached hydrogens (tertiary/aromatic N) is 2. The number of rotatable bonds is 6. The smallest absolute Gasteiger partial charge is 0.306 e. The first-order valence-corrected chi connectivity index (χ1v) is 8.99. The van der Waals surface area contributed by atoms with Gasteiger partial charge in [0, 0.05) is 28.6 Å². The molecule has 2 heterocycles. The third-order valence-corrected chi connectivity index (χ3v) is 4.87. The van der Waals surface area contributed by atoms with Crippen LogP contribution < -0.4 is 0 Å². The van der Waals surface area contributed by atoms with Crippen LogP contribution in [0.5, 0.6) is 0 Å². The van der Waals surface area contributed by atoms with Crippen molar-refractivity contribution in [1.29, 1.82) is 5.26 Å². The molecule has 0 bridgehead atoms. The molecule has 5 heteroatoms. The van der Waals surface area contributed by atoms with Gasteiger partial charge in [-0.2, -0.15) is 5.26 Å². The molecule has 0 spiro atoms. The van der Waals surface area contributed by atoms with Crippen LogP contribution in [0.15, 0.2) is 59.8 Å². The second-order valence-electron chi connectivity index (χ2n) is 5.71. The Morgan fingerprint density at radius 3 is 2.80 bits per heavy atom. The number of pyridine rings is 1. The molecule has 1 aromatic carbocycles. The highest BCUT2D eigenvalue weighted by atomic mass is 32.2. The van der Waals surface area contributed by atoms with E-state index in [1.807, 2.05) is 41.9 Å². The zero-order valence-electron chi connectivity index (χ0n) is 13.9. The van der Waals surface area contributed by atoms with E-state index in [4.69, 9.17) is 4.74 Å². The molecule has 0 radical (unpaired) electrons. The SMILES string of the molecule is Cc1ccc(SCCC(=O)OCc2cn3ccccc3c2C#N)cc1. The largest absolute Gasteiger partial charge is 0.461 e. The normalized spacial score (nSPS) is 10.6. The third-order valence-electron chi connectivity index (χ3n) is 3.86. The summed E-state index contributed by atoms with van der Waals surface area (Å²) in [6, 6.07) is 16.1. The number of ether oxygens (including phenoxy) is 1. The Balaban J connectivity index is 1.52. The third kappa shape index (κ3) is 4.23. The number of fused-ring (bicyclic) bond motifs is 1. The second-order valence-corrected chi connectivity index (χ2v) is 6.87. The lowest BCUT2D eigenvalue weighted by atomic mass is 10.2. The van der Waals surface area contributed by atoms with Crippen molar-refractivity contribution in [2.24, 2.45) is 0 Å². The first-order chi connectivity index (χ1) is 12.2. The van der Waals surface area contributed by atoms with Gasteiger partial charge in [0.05, 0.1) is 17.5 Å². The Morgan fingerprint density at radius 2 is 2.04 bits per heavy atom. The maximum absolute atomic E-state index is 12.0. The van der Waals surface area contributed by atoms with Gasteiger partial charge in [0.1, 0.15) is 12.7 Å². The number of hydrogen-bond acceptors (Lipinski definition) is 4. The molecule has 2 aromatic heterocycles. The molecule has 0 unspecified atom stereocenters. The van der Waals surface area contributed by atoms with Crippen LogP contribution >= 0.6 is 11.8 Å². The number of thioether (sulfide) groups is 1. The molecule has 0 aliphatic heterocycles. The van der Waals surface area contributed by atoms with Crippen molar-refractivity contribution in [2.75, 3.05) is 5.75 Å². The summed E-state index contributed by atoms with van der Waals surface area (Å²) in [5, 5.41) is 9.35. The highest BCUT2D eigenvalue weighted by molar-refractivity contribution is 7.99. The number of hydrogen-bond donors (Lipinski definition) is 0. The van der Waals surface area contributed by atoms with Gasteiger partial charge >= 0.3 is 5.97 Å². The Kier molecular flexibility index (Phi) is 5.42. The van der Waals surface area contributed by atoms with E-state index in [1.54, 1.807) is 11.8 Å². The summed E-state index contributed by atoms with van der Waals surface area (Å²) < 4.78 is 7.21. The van der Waals surface area contributed by atoms with Crippen LogP contribution in [0.4, 0.5) is 0 Å². The molecule has 3 rings (SSSR count). The monoisotopic (exact) mass is 350 g/mol. The Labute approximate surface area is 151 Å². The average molecular weight is 350 g/mol. The van der Waals surface area contributed by atoms with E-state index in [-0.39, 0.29) is 12.6 Å². The quantitative estimate of drug-likeness (QED) is 0.490. The van der Waals surface area contributed by atoms with Crippen molar-refractivity contribution in [3.05, 3.63) is 71.5 Å². The van der Waals surface area contributed by atoms with Gasteiger partial charge < -0.3 is 9.14 Å². The Bertz CT molecular complexity index is 923. The first-order valence-electron chi connectivity index (χ1n) is 8.01. The minimum Gasteiger partial charge on any atom is -0.461 e. The molecule has 4 nitrogen and oxygen atoms in total. The molecule has 0 saturated heterocycles. The number of aryl methyl sites for hydroxylation is 1. The number of esters is 1. The summed E-state index contributed by atoms with van der Waals surface area (Å²) in [7, 11) is 0. The number of aromatic nitrogens is 1. The molecule has 0 amide bonds. The molecule has 0 saturated carbocycles. The maximum atomic E-state index is 12.0.